The smallest absolute Gasteiger partial charge is 0.337 e. The van der Waals surface area contributed by atoms with Gasteiger partial charge in [0.2, 0.25) is 0 Å². The quantitative estimate of drug-likeness (QED) is 0.611. The van der Waals surface area contributed by atoms with Gasteiger partial charge in [0.25, 0.3) is 5.91 Å². The average molecular weight is 360 g/mol. The van der Waals surface area contributed by atoms with Gasteiger partial charge >= 0.3 is 12.0 Å². The second-order valence-corrected chi connectivity index (χ2v) is 5.82. The molecule has 3 rings (SSSR count). The predicted molar refractivity (Wildman–Crippen MR) is 93.5 cm³/mol. The summed E-state index contributed by atoms with van der Waals surface area (Å²) in [6.07, 6.45) is 0. The van der Waals surface area contributed by atoms with Crippen LogP contribution in [-0.4, -0.2) is 67.8 Å². The summed E-state index contributed by atoms with van der Waals surface area (Å²) in [4.78, 5) is 39.6. The van der Waals surface area contributed by atoms with Crippen molar-refractivity contribution in [1.29, 1.82) is 0 Å². The molecule has 0 bridgehead atoms. The number of amides is 3. The van der Waals surface area contributed by atoms with E-state index in [1.165, 1.54) is 12.0 Å². The Bertz CT molecular complexity index is 776. The standard InChI is InChI=1S/C17H20N4O5/c1-26-16(24)11-10-20(8-9-22)15(23)14(11)19-12-4-2-3-5-13(12)21-7-6-18-17(21)25/h2-5,19,22H,6-10H2,1H3,(H,18,25). The van der Waals surface area contributed by atoms with Crippen molar-refractivity contribution in [1.82, 2.24) is 10.2 Å². The molecule has 9 nitrogen and oxygen atoms in total. The fourth-order valence-corrected chi connectivity index (χ4v) is 3.00. The van der Waals surface area contributed by atoms with Gasteiger partial charge in [0.15, 0.2) is 0 Å². The van der Waals surface area contributed by atoms with E-state index < -0.39 is 11.9 Å². The maximum absolute atomic E-state index is 12.6. The van der Waals surface area contributed by atoms with Gasteiger partial charge in [-0.15, -0.1) is 0 Å². The summed E-state index contributed by atoms with van der Waals surface area (Å²) in [5.41, 5.74) is 1.41. The van der Waals surface area contributed by atoms with E-state index in [1.54, 1.807) is 29.2 Å². The molecule has 0 radical (unpaired) electrons. The molecule has 0 saturated carbocycles. The molecule has 1 aromatic carbocycles. The molecule has 1 fully saturated rings. The van der Waals surface area contributed by atoms with Crippen LogP contribution in [0.4, 0.5) is 16.2 Å². The summed E-state index contributed by atoms with van der Waals surface area (Å²) < 4.78 is 4.77. The van der Waals surface area contributed by atoms with Gasteiger partial charge in [-0.3, -0.25) is 9.69 Å². The van der Waals surface area contributed by atoms with Crippen LogP contribution in [0.1, 0.15) is 0 Å². The number of hydrogen-bond acceptors (Lipinski definition) is 6. The molecule has 138 valence electrons. The third-order valence-electron chi connectivity index (χ3n) is 4.26. The number of esters is 1. The lowest BCUT2D eigenvalue weighted by Crippen LogP contribution is -2.32. The summed E-state index contributed by atoms with van der Waals surface area (Å²) in [5, 5.41) is 14.8. The summed E-state index contributed by atoms with van der Waals surface area (Å²) >= 11 is 0. The molecule has 0 aliphatic carbocycles. The van der Waals surface area contributed by atoms with Crippen LogP contribution in [0.2, 0.25) is 0 Å². The minimum atomic E-state index is -0.613. The summed E-state index contributed by atoms with van der Waals surface area (Å²) in [6.45, 7) is 0.997. The summed E-state index contributed by atoms with van der Waals surface area (Å²) in [6, 6.07) is 6.82. The Hall–Kier alpha value is -3.07. The number of nitrogens with zero attached hydrogens (tertiary/aromatic N) is 2. The number of methoxy groups -OCH3 is 1. The number of aliphatic hydroxyl groups excluding tert-OH is 1. The first-order chi connectivity index (χ1) is 12.6. The number of benzene rings is 1. The number of urea groups is 1. The van der Waals surface area contributed by atoms with Crippen LogP contribution in [-0.2, 0) is 14.3 Å². The number of anilines is 2. The Morgan fingerprint density at radius 1 is 1.35 bits per heavy atom. The van der Waals surface area contributed by atoms with Gasteiger partial charge in [-0.2, -0.15) is 0 Å². The lowest BCUT2D eigenvalue weighted by atomic mass is 10.2. The maximum atomic E-state index is 12.6. The molecule has 2 aliphatic rings. The van der Waals surface area contributed by atoms with E-state index in [0.29, 0.717) is 24.5 Å². The number of hydrogen-bond donors (Lipinski definition) is 3. The Morgan fingerprint density at radius 2 is 2.12 bits per heavy atom. The van der Waals surface area contributed by atoms with E-state index in [2.05, 4.69) is 10.6 Å². The zero-order valence-electron chi connectivity index (χ0n) is 14.3. The first-order valence-electron chi connectivity index (χ1n) is 8.19. The van der Waals surface area contributed by atoms with Gasteiger partial charge < -0.3 is 25.4 Å². The normalized spacial score (nSPS) is 17.0. The van der Waals surface area contributed by atoms with Crippen LogP contribution in [0.5, 0.6) is 0 Å². The third kappa shape index (κ3) is 3.21. The zero-order chi connectivity index (χ0) is 18.7. The van der Waals surface area contributed by atoms with Crippen LogP contribution in [0.3, 0.4) is 0 Å². The number of rotatable bonds is 6. The van der Waals surface area contributed by atoms with Crippen LogP contribution < -0.4 is 15.5 Å². The van der Waals surface area contributed by atoms with Crippen molar-refractivity contribution in [3.8, 4) is 0 Å². The van der Waals surface area contributed by atoms with E-state index in [9.17, 15) is 14.4 Å². The number of ether oxygens (including phenoxy) is 1. The Balaban J connectivity index is 1.94. The minimum absolute atomic E-state index is 0.0563. The topological polar surface area (TPSA) is 111 Å². The molecule has 3 amide bonds. The van der Waals surface area contributed by atoms with Crippen molar-refractivity contribution in [2.45, 2.75) is 0 Å². The molecule has 0 unspecified atom stereocenters. The first kappa shape index (κ1) is 17.7. The lowest BCUT2D eigenvalue weighted by Gasteiger charge is -2.20. The van der Waals surface area contributed by atoms with Gasteiger partial charge in [-0.05, 0) is 12.1 Å². The molecule has 1 saturated heterocycles. The number of para-hydroxylation sites is 2. The van der Waals surface area contributed by atoms with Crippen LogP contribution in [0.15, 0.2) is 35.5 Å². The molecule has 0 aromatic heterocycles. The molecule has 9 heteroatoms. The van der Waals surface area contributed by atoms with E-state index in [1.807, 2.05) is 0 Å². The van der Waals surface area contributed by atoms with Gasteiger partial charge in [0, 0.05) is 19.6 Å². The first-order valence-corrected chi connectivity index (χ1v) is 8.19. The van der Waals surface area contributed by atoms with Crippen molar-refractivity contribution >= 4 is 29.3 Å². The van der Waals surface area contributed by atoms with Gasteiger partial charge in [-0.1, -0.05) is 12.1 Å². The number of carbonyl (C=O) groups excluding carboxylic acids is 3. The molecule has 2 aliphatic heterocycles. The maximum Gasteiger partial charge on any atom is 0.337 e. The highest BCUT2D eigenvalue weighted by atomic mass is 16.5. The van der Waals surface area contributed by atoms with Crippen molar-refractivity contribution in [2.75, 3.05) is 50.1 Å². The van der Waals surface area contributed by atoms with E-state index in [0.717, 1.165) is 0 Å². The predicted octanol–water partition coefficient (Wildman–Crippen LogP) is -0.110. The van der Waals surface area contributed by atoms with Crippen molar-refractivity contribution in [3.63, 3.8) is 0 Å². The lowest BCUT2D eigenvalue weighted by molar-refractivity contribution is -0.136. The fraction of sp³-hybridized carbons (Fsp3) is 0.353. The fourth-order valence-electron chi connectivity index (χ4n) is 3.00. The molecular weight excluding hydrogens is 340 g/mol. The second-order valence-electron chi connectivity index (χ2n) is 5.82. The number of nitrogens with one attached hydrogen (secondary N) is 2. The van der Waals surface area contributed by atoms with Gasteiger partial charge in [0.05, 0.1) is 37.2 Å². The van der Waals surface area contributed by atoms with Crippen LogP contribution in [0.25, 0.3) is 0 Å². The molecule has 2 heterocycles. The number of aliphatic hydroxyl groups is 1. The molecule has 0 atom stereocenters. The van der Waals surface area contributed by atoms with E-state index in [4.69, 9.17) is 9.84 Å². The number of carbonyl (C=O) groups is 3. The van der Waals surface area contributed by atoms with Crippen molar-refractivity contribution in [2.24, 2.45) is 0 Å². The number of β-amino-alcohol motifs (C(OH)–C–C–N with tert-alkyl or cyclic N) is 1. The van der Waals surface area contributed by atoms with Crippen molar-refractivity contribution in [3.05, 3.63) is 35.5 Å². The Labute approximate surface area is 150 Å². The largest absolute Gasteiger partial charge is 0.466 e. The highest BCUT2D eigenvalue weighted by molar-refractivity contribution is 6.09. The Morgan fingerprint density at radius 3 is 2.77 bits per heavy atom. The minimum Gasteiger partial charge on any atom is -0.466 e. The van der Waals surface area contributed by atoms with E-state index in [-0.39, 0.29) is 37.0 Å². The molecule has 26 heavy (non-hydrogen) atoms. The average Bonchev–Trinajstić information content (AvgIpc) is 3.20. The van der Waals surface area contributed by atoms with Crippen LogP contribution >= 0.6 is 0 Å². The summed E-state index contributed by atoms with van der Waals surface area (Å²) in [7, 11) is 1.24. The zero-order valence-corrected chi connectivity index (χ0v) is 14.3. The van der Waals surface area contributed by atoms with Gasteiger partial charge in [0.1, 0.15) is 5.70 Å². The molecule has 3 N–H and O–H groups in total. The van der Waals surface area contributed by atoms with Crippen LogP contribution in [0, 0.1) is 0 Å². The Kier molecular flexibility index (Phi) is 5.08. The SMILES string of the molecule is COC(=O)C1=C(Nc2ccccc2N2CCNC2=O)C(=O)N(CCO)C1. The van der Waals surface area contributed by atoms with E-state index >= 15 is 0 Å². The molecular formula is C17H20N4O5. The van der Waals surface area contributed by atoms with Gasteiger partial charge in [-0.25, -0.2) is 9.59 Å². The highest BCUT2D eigenvalue weighted by Crippen LogP contribution is 2.30. The molecule has 0 spiro atoms. The highest BCUT2D eigenvalue weighted by Gasteiger charge is 2.35. The summed E-state index contributed by atoms with van der Waals surface area (Å²) in [5.74, 6) is -1.02. The van der Waals surface area contributed by atoms with Crippen molar-refractivity contribution < 1.29 is 24.2 Å². The third-order valence-corrected chi connectivity index (χ3v) is 4.26. The monoisotopic (exact) mass is 360 g/mol. The second kappa shape index (κ2) is 7.44. The molecule has 1 aromatic rings.